The van der Waals surface area contributed by atoms with E-state index >= 15 is 0 Å². The molecule has 8 heteroatoms. The molecule has 0 fully saturated rings. The summed E-state index contributed by atoms with van der Waals surface area (Å²) in [5, 5.41) is 11.8. The number of carbonyl (C=O) groups excluding carboxylic acids is 1. The van der Waals surface area contributed by atoms with Gasteiger partial charge in [-0.05, 0) is 41.8 Å². The molecule has 1 aliphatic heterocycles. The molecule has 2 atom stereocenters. The van der Waals surface area contributed by atoms with Gasteiger partial charge >= 0.3 is 0 Å². The van der Waals surface area contributed by atoms with Crippen LogP contribution in [0.2, 0.25) is 0 Å². The molecule has 0 bridgehead atoms. The number of hydrogen-bond donors (Lipinski definition) is 2. The zero-order valence-corrected chi connectivity index (χ0v) is 18.1. The van der Waals surface area contributed by atoms with Gasteiger partial charge in [-0.1, -0.05) is 49.9 Å². The Morgan fingerprint density at radius 3 is 2.47 bits per heavy atom. The fourth-order valence-electron chi connectivity index (χ4n) is 3.43. The van der Waals surface area contributed by atoms with Gasteiger partial charge in [-0.25, -0.2) is 4.68 Å². The summed E-state index contributed by atoms with van der Waals surface area (Å²) in [5.41, 5.74) is 6.47. The zero-order valence-electron chi connectivity index (χ0n) is 17.3. The van der Waals surface area contributed by atoms with E-state index in [0.717, 1.165) is 35.7 Å². The monoisotopic (exact) mass is 423 g/mol. The average molecular weight is 424 g/mol. The summed E-state index contributed by atoms with van der Waals surface area (Å²) in [4.78, 5) is 13.3. The van der Waals surface area contributed by atoms with Gasteiger partial charge in [0.25, 0.3) is 0 Å². The molecule has 3 aromatic rings. The molecule has 156 valence electrons. The third kappa shape index (κ3) is 4.00. The Bertz CT molecular complexity index is 1020. The summed E-state index contributed by atoms with van der Waals surface area (Å²) in [6.45, 7) is 4.14. The second-order valence-electron chi connectivity index (χ2n) is 7.05. The number of methoxy groups -OCH3 is 1. The van der Waals surface area contributed by atoms with Crippen molar-refractivity contribution in [2.45, 2.75) is 43.1 Å². The van der Waals surface area contributed by atoms with E-state index < -0.39 is 5.25 Å². The summed E-state index contributed by atoms with van der Waals surface area (Å²) in [6, 6.07) is 15.5. The van der Waals surface area contributed by atoms with Crippen LogP contribution in [0.25, 0.3) is 0 Å². The normalized spacial score (nSPS) is 17.7. The van der Waals surface area contributed by atoms with Crippen LogP contribution in [-0.2, 0) is 17.6 Å². The van der Waals surface area contributed by atoms with Crippen molar-refractivity contribution in [1.29, 1.82) is 0 Å². The van der Waals surface area contributed by atoms with Gasteiger partial charge in [0.2, 0.25) is 11.1 Å². The number of aromatic nitrogens is 3. The van der Waals surface area contributed by atoms with Crippen LogP contribution in [-0.4, -0.2) is 33.1 Å². The van der Waals surface area contributed by atoms with Gasteiger partial charge < -0.3 is 15.5 Å². The smallest absolute Gasteiger partial charge is 0.240 e. The average Bonchev–Trinajstić information content (AvgIpc) is 3.21. The number of ether oxygens (including phenoxy) is 1. The van der Waals surface area contributed by atoms with Crippen LogP contribution >= 0.6 is 11.8 Å². The maximum Gasteiger partial charge on any atom is 0.240 e. The van der Waals surface area contributed by atoms with Crippen molar-refractivity contribution in [3.63, 3.8) is 0 Å². The van der Waals surface area contributed by atoms with Crippen LogP contribution in [0.4, 0.5) is 5.69 Å². The first kappa shape index (κ1) is 20.3. The summed E-state index contributed by atoms with van der Waals surface area (Å²) in [7, 11) is 1.64. The number of fused-ring (bicyclic) bond motifs is 1. The van der Waals surface area contributed by atoms with Crippen molar-refractivity contribution in [3.8, 4) is 5.75 Å². The second-order valence-corrected chi connectivity index (χ2v) is 8.15. The van der Waals surface area contributed by atoms with Crippen molar-refractivity contribution >= 4 is 23.4 Å². The SMILES string of the molecule is CCc1ccc(NC(=O)[C@H]2Sc3nnc(CC)n3N[C@@H]2c2ccc(OC)cc2)cc1. The van der Waals surface area contributed by atoms with Crippen molar-refractivity contribution in [1.82, 2.24) is 14.9 Å². The number of thioether (sulfide) groups is 1. The number of anilines is 1. The molecule has 1 aromatic heterocycles. The predicted octanol–water partition coefficient (Wildman–Crippen LogP) is 3.81. The van der Waals surface area contributed by atoms with Gasteiger partial charge in [-0.3, -0.25) is 4.79 Å². The topological polar surface area (TPSA) is 81.1 Å². The van der Waals surface area contributed by atoms with Crippen LogP contribution in [0.5, 0.6) is 5.75 Å². The fraction of sp³-hybridized carbons (Fsp3) is 0.318. The molecule has 0 unspecified atom stereocenters. The molecule has 0 radical (unpaired) electrons. The molecule has 0 saturated heterocycles. The van der Waals surface area contributed by atoms with Crippen molar-refractivity contribution in [2.24, 2.45) is 0 Å². The number of nitrogens with zero attached hydrogens (tertiary/aromatic N) is 3. The van der Waals surface area contributed by atoms with Gasteiger partial charge in [0.15, 0.2) is 5.82 Å². The molecule has 2 aromatic carbocycles. The van der Waals surface area contributed by atoms with Crippen LogP contribution in [0.1, 0.15) is 36.8 Å². The van der Waals surface area contributed by atoms with E-state index in [1.165, 1.54) is 17.3 Å². The van der Waals surface area contributed by atoms with E-state index in [1.54, 1.807) is 7.11 Å². The van der Waals surface area contributed by atoms with Crippen LogP contribution in [0.15, 0.2) is 53.7 Å². The lowest BCUT2D eigenvalue weighted by molar-refractivity contribution is -0.116. The van der Waals surface area contributed by atoms with E-state index in [2.05, 4.69) is 27.9 Å². The Labute approximate surface area is 180 Å². The highest BCUT2D eigenvalue weighted by Gasteiger charge is 2.37. The molecule has 1 amide bonds. The first-order chi connectivity index (χ1) is 14.6. The van der Waals surface area contributed by atoms with Crippen LogP contribution in [0.3, 0.4) is 0 Å². The predicted molar refractivity (Wildman–Crippen MR) is 119 cm³/mol. The fourth-order valence-corrected chi connectivity index (χ4v) is 4.52. The van der Waals surface area contributed by atoms with Gasteiger partial charge in [-0.2, -0.15) is 0 Å². The van der Waals surface area contributed by atoms with Crippen molar-refractivity contribution < 1.29 is 9.53 Å². The van der Waals surface area contributed by atoms with E-state index in [4.69, 9.17) is 4.74 Å². The first-order valence-corrected chi connectivity index (χ1v) is 10.9. The van der Waals surface area contributed by atoms with E-state index in [-0.39, 0.29) is 11.9 Å². The zero-order chi connectivity index (χ0) is 21.1. The van der Waals surface area contributed by atoms with Gasteiger partial charge in [0.1, 0.15) is 11.0 Å². The molecule has 0 spiro atoms. The lowest BCUT2D eigenvalue weighted by atomic mass is 10.0. The number of nitrogens with one attached hydrogen (secondary N) is 2. The molecule has 2 N–H and O–H groups in total. The highest BCUT2D eigenvalue weighted by Crippen LogP contribution is 2.38. The molecule has 1 aliphatic rings. The highest BCUT2D eigenvalue weighted by atomic mass is 32.2. The Balaban J connectivity index is 1.63. The Kier molecular flexibility index (Phi) is 5.94. The standard InChI is InChI=1S/C22H25N5O2S/c1-4-14-6-10-16(11-7-14)23-21(28)20-19(15-8-12-17(29-3)13-9-15)26-27-18(5-2)24-25-22(27)30-20/h6-13,19-20,26H,4-5H2,1-3H3,(H,23,28)/t19-,20+/m1/s1. The lowest BCUT2D eigenvalue weighted by Crippen LogP contribution is -2.41. The van der Waals surface area contributed by atoms with E-state index in [9.17, 15) is 4.79 Å². The maximum atomic E-state index is 13.3. The largest absolute Gasteiger partial charge is 0.497 e. The van der Waals surface area contributed by atoms with Crippen LogP contribution in [0, 0.1) is 0 Å². The molecule has 2 heterocycles. The summed E-state index contributed by atoms with van der Waals surface area (Å²) in [5.74, 6) is 1.54. The minimum absolute atomic E-state index is 0.0788. The number of carbonyl (C=O) groups is 1. The Morgan fingerprint density at radius 1 is 1.10 bits per heavy atom. The third-order valence-corrected chi connectivity index (χ3v) is 6.40. The number of hydrogen-bond acceptors (Lipinski definition) is 6. The van der Waals surface area contributed by atoms with Gasteiger partial charge in [0.05, 0.1) is 13.2 Å². The Morgan fingerprint density at radius 2 is 1.83 bits per heavy atom. The number of aryl methyl sites for hydroxylation is 2. The molecular formula is C22H25N5O2S. The minimum atomic E-state index is -0.411. The highest BCUT2D eigenvalue weighted by molar-refractivity contribution is 8.00. The first-order valence-electron chi connectivity index (χ1n) is 10.0. The van der Waals surface area contributed by atoms with Gasteiger partial charge in [-0.15, -0.1) is 10.2 Å². The summed E-state index contributed by atoms with van der Waals surface area (Å²) in [6.07, 6.45) is 1.71. The molecule has 7 nitrogen and oxygen atoms in total. The van der Waals surface area contributed by atoms with Gasteiger partial charge in [0, 0.05) is 12.1 Å². The lowest BCUT2D eigenvalue weighted by Gasteiger charge is -2.33. The number of rotatable bonds is 6. The van der Waals surface area contributed by atoms with Crippen molar-refractivity contribution in [2.75, 3.05) is 17.9 Å². The second kappa shape index (κ2) is 8.79. The number of benzene rings is 2. The molecule has 4 rings (SSSR count). The van der Waals surface area contributed by atoms with E-state index in [0.29, 0.717) is 5.16 Å². The molecule has 30 heavy (non-hydrogen) atoms. The summed E-state index contributed by atoms with van der Waals surface area (Å²) < 4.78 is 7.17. The Hall–Kier alpha value is -3.00. The molecular weight excluding hydrogens is 398 g/mol. The van der Waals surface area contributed by atoms with E-state index in [1.807, 2.05) is 60.1 Å². The minimum Gasteiger partial charge on any atom is -0.497 e. The molecule has 0 saturated carbocycles. The summed E-state index contributed by atoms with van der Waals surface area (Å²) >= 11 is 1.42. The van der Waals surface area contributed by atoms with Crippen molar-refractivity contribution in [3.05, 3.63) is 65.5 Å². The maximum absolute atomic E-state index is 13.3. The quantitative estimate of drug-likeness (QED) is 0.628. The number of amides is 1. The third-order valence-electron chi connectivity index (χ3n) is 5.18. The van der Waals surface area contributed by atoms with Crippen LogP contribution < -0.4 is 15.5 Å². The molecule has 0 aliphatic carbocycles.